The summed E-state index contributed by atoms with van der Waals surface area (Å²) in [5.74, 6) is 5.37. The summed E-state index contributed by atoms with van der Waals surface area (Å²) in [7, 11) is 0. The van der Waals surface area contributed by atoms with Gasteiger partial charge in [-0.2, -0.15) is 0 Å². The summed E-state index contributed by atoms with van der Waals surface area (Å²) in [6.07, 6.45) is 5.27. The van der Waals surface area contributed by atoms with E-state index in [0.717, 1.165) is 31.1 Å². The molecule has 0 aromatic heterocycles. The van der Waals surface area contributed by atoms with E-state index in [0.29, 0.717) is 12.0 Å². The third kappa shape index (κ3) is 4.91. The van der Waals surface area contributed by atoms with Crippen LogP contribution in [0.15, 0.2) is 0 Å². The lowest BCUT2D eigenvalue weighted by molar-refractivity contribution is 0.0756. The normalized spacial score (nSPS) is 24.8. The Morgan fingerprint density at radius 2 is 2.24 bits per heavy atom. The number of piperazine rings is 1. The number of rotatable bonds is 5. The third-order valence-corrected chi connectivity index (χ3v) is 4.18. The molecular weight excluding hydrogens is 228 g/mol. The molecule has 0 aromatic carbocycles. The molecule has 1 fully saturated rings. The van der Waals surface area contributed by atoms with Gasteiger partial charge in [-0.1, -0.05) is 19.8 Å². The smallest absolute Gasteiger partial charge is 0.0545 e. The molecule has 0 bridgehead atoms. The average Bonchev–Trinajstić information content (AvgIpc) is 2.23. The minimum atomic E-state index is 0.238. The maximum absolute atomic E-state index is 5.27. The van der Waals surface area contributed by atoms with Gasteiger partial charge in [0.15, 0.2) is 0 Å². The zero-order chi connectivity index (χ0) is 12.9. The van der Waals surface area contributed by atoms with Crippen LogP contribution >= 0.6 is 11.8 Å². The quantitative estimate of drug-likeness (QED) is 0.597. The van der Waals surface area contributed by atoms with Crippen LogP contribution in [0.3, 0.4) is 0 Å². The van der Waals surface area contributed by atoms with E-state index in [4.69, 9.17) is 6.42 Å². The minimum Gasteiger partial charge on any atom is -0.309 e. The lowest BCUT2D eigenvalue weighted by Crippen LogP contribution is -2.63. The highest BCUT2D eigenvalue weighted by Crippen LogP contribution is 2.20. The number of hydrogen-bond acceptors (Lipinski definition) is 3. The fourth-order valence-electron chi connectivity index (χ4n) is 2.41. The molecule has 0 saturated carbocycles. The van der Waals surface area contributed by atoms with Crippen LogP contribution in [0.5, 0.6) is 0 Å². The molecule has 0 amide bonds. The molecule has 2 nitrogen and oxygen atoms in total. The molecule has 1 heterocycles. The molecule has 0 aromatic rings. The Kier molecular flexibility index (Phi) is 5.85. The molecular formula is C14H26N2S. The van der Waals surface area contributed by atoms with E-state index in [9.17, 15) is 0 Å². The molecule has 0 spiro atoms. The van der Waals surface area contributed by atoms with Gasteiger partial charge in [-0.15, -0.1) is 18.2 Å². The van der Waals surface area contributed by atoms with Crippen molar-refractivity contribution in [2.75, 3.05) is 31.1 Å². The summed E-state index contributed by atoms with van der Waals surface area (Å²) in [4.78, 5) is 2.63. The Bertz CT molecular complexity index is 268. The highest BCUT2D eigenvalue weighted by molar-refractivity contribution is 7.99. The minimum absolute atomic E-state index is 0.238. The predicted octanol–water partition coefficient (Wildman–Crippen LogP) is 2.06. The molecule has 1 aliphatic rings. The largest absolute Gasteiger partial charge is 0.309 e. The monoisotopic (exact) mass is 254 g/mol. The standard InChI is InChI=1S/C14H26N2S/c1-6-8-17-9-7-16-11-14(4,5)15-10-13(16)12(2)3/h1,12-13,15H,7-11H2,2-5H3. The number of nitrogens with zero attached hydrogens (tertiary/aromatic N) is 1. The fourth-order valence-corrected chi connectivity index (χ4v) is 3.03. The van der Waals surface area contributed by atoms with Crippen molar-refractivity contribution < 1.29 is 0 Å². The van der Waals surface area contributed by atoms with Crippen LogP contribution in [-0.2, 0) is 0 Å². The van der Waals surface area contributed by atoms with Crippen molar-refractivity contribution in [1.29, 1.82) is 0 Å². The molecule has 3 heteroatoms. The van der Waals surface area contributed by atoms with E-state index in [1.807, 2.05) is 11.8 Å². The van der Waals surface area contributed by atoms with Crippen molar-refractivity contribution >= 4 is 11.8 Å². The Labute approximate surface area is 111 Å². The fraction of sp³-hybridized carbons (Fsp3) is 0.857. The van der Waals surface area contributed by atoms with Gasteiger partial charge in [-0.05, 0) is 19.8 Å². The zero-order valence-electron chi connectivity index (χ0n) is 11.6. The Morgan fingerprint density at radius 3 is 2.82 bits per heavy atom. The van der Waals surface area contributed by atoms with Gasteiger partial charge in [-0.25, -0.2) is 0 Å². The van der Waals surface area contributed by atoms with Crippen LogP contribution in [-0.4, -0.2) is 47.6 Å². The van der Waals surface area contributed by atoms with Crippen LogP contribution in [0.25, 0.3) is 0 Å². The van der Waals surface area contributed by atoms with Crippen LogP contribution in [0.4, 0.5) is 0 Å². The molecule has 98 valence electrons. The van der Waals surface area contributed by atoms with Gasteiger partial charge in [0, 0.05) is 37.0 Å². The van der Waals surface area contributed by atoms with E-state index in [1.54, 1.807) is 0 Å². The topological polar surface area (TPSA) is 15.3 Å². The van der Waals surface area contributed by atoms with Crippen molar-refractivity contribution in [2.45, 2.75) is 39.3 Å². The second kappa shape index (κ2) is 6.68. The number of terminal acetylenes is 1. The van der Waals surface area contributed by atoms with E-state index in [1.165, 1.54) is 0 Å². The lowest BCUT2D eigenvalue weighted by atomic mass is 9.93. The molecule has 1 saturated heterocycles. The summed E-state index contributed by atoms with van der Waals surface area (Å²) < 4.78 is 0. The second-order valence-electron chi connectivity index (χ2n) is 5.80. The van der Waals surface area contributed by atoms with Gasteiger partial charge in [0.25, 0.3) is 0 Å². The summed E-state index contributed by atoms with van der Waals surface area (Å²) in [6, 6.07) is 0.662. The molecule has 1 rings (SSSR count). The van der Waals surface area contributed by atoms with Crippen LogP contribution in [0.2, 0.25) is 0 Å². The van der Waals surface area contributed by atoms with Gasteiger partial charge in [0.1, 0.15) is 0 Å². The van der Waals surface area contributed by atoms with Crippen molar-refractivity contribution in [2.24, 2.45) is 5.92 Å². The second-order valence-corrected chi connectivity index (χ2v) is 6.91. The first-order valence-electron chi connectivity index (χ1n) is 6.46. The van der Waals surface area contributed by atoms with Gasteiger partial charge in [0.05, 0.1) is 5.75 Å². The summed E-state index contributed by atoms with van der Waals surface area (Å²) in [6.45, 7) is 12.6. The zero-order valence-corrected chi connectivity index (χ0v) is 12.4. The van der Waals surface area contributed by atoms with Crippen LogP contribution in [0, 0.1) is 18.3 Å². The number of thioether (sulfide) groups is 1. The number of hydrogen-bond donors (Lipinski definition) is 1. The van der Waals surface area contributed by atoms with Gasteiger partial charge < -0.3 is 5.32 Å². The van der Waals surface area contributed by atoms with Crippen molar-refractivity contribution in [3.05, 3.63) is 0 Å². The van der Waals surface area contributed by atoms with Gasteiger partial charge in [-0.3, -0.25) is 4.90 Å². The molecule has 1 N–H and O–H groups in total. The number of nitrogens with one attached hydrogen (secondary N) is 1. The van der Waals surface area contributed by atoms with E-state index in [-0.39, 0.29) is 5.54 Å². The summed E-state index contributed by atoms with van der Waals surface area (Å²) >= 11 is 1.86. The third-order valence-electron chi connectivity index (χ3n) is 3.33. The van der Waals surface area contributed by atoms with Crippen LogP contribution < -0.4 is 5.32 Å². The maximum Gasteiger partial charge on any atom is 0.0545 e. The van der Waals surface area contributed by atoms with E-state index < -0.39 is 0 Å². The Morgan fingerprint density at radius 1 is 1.53 bits per heavy atom. The van der Waals surface area contributed by atoms with E-state index in [2.05, 4.69) is 43.8 Å². The highest BCUT2D eigenvalue weighted by Gasteiger charge is 2.33. The van der Waals surface area contributed by atoms with Crippen LogP contribution in [0.1, 0.15) is 27.7 Å². The Hall–Kier alpha value is -0.170. The van der Waals surface area contributed by atoms with Crippen molar-refractivity contribution in [3.8, 4) is 12.3 Å². The molecule has 1 aliphatic heterocycles. The maximum atomic E-state index is 5.27. The first kappa shape index (κ1) is 14.9. The first-order chi connectivity index (χ1) is 7.96. The van der Waals surface area contributed by atoms with Gasteiger partial charge in [0.2, 0.25) is 0 Å². The van der Waals surface area contributed by atoms with Crippen molar-refractivity contribution in [3.63, 3.8) is 0 Å². The predicted molar refractivity (Wildman–Crippen MR) is 78.4 cm³/mol. The molecule has 0 aliphatic carbocycles. The SMILES string of the molecule is C#CCSCCN1CC(C)(C)NCC1C(C)C. The molecule has 1 atom stereocenters. The lowest BCUT2D eigenvalue weighted by Gasteiger charge is -2.46. The summed E-state index contributed by atoms with van der Waals surface area (Å²) in [5, 5.41) is 3.64. The Balaban J connectivity index is 2.47. The van der Waals surface area contributed by atoms with Crippen molar-refractivity contribution in [1.82, 2.24) is 10.2 Å². The van der Waals surface area contributed by atoms with E-state index >= 15 is 0 Å². The summed E-state index contributed by atoms with van der Waals surface area (Å²) in [5.41, 5.74) is 0.238. The van der Waals surface area contributed by atoms with Gasteiger partial charge >= 0.3 is 0 Å². The highest BCUT2D eigenvalue weighted by atomic mass is 32.2. The molecule has 0 radical (unpaired) electrons. The average molecular weight is 254 g/mol. The molecule has 17 heavy (non-hydrogen) atoms. The first-order valence-corrected chi connectivity index (χ1v) is 7.62. The molecule has 1 unspecified atom stereocenters.